The Labute approximate surface area is 116 Å². The van der Waals surface area contributed by atoms with Gasteiger partial charge in [0.25, 0.3) is 0 Å². The predicted molar refractivity (Wildman–Crippen MR) is 75.5 cm³/mol. The third-order valence-corrected chi connectivity index (χ3v) is 4.57. The Morgan fingerprint density at radius 3 is 2.61 bits per heavy atom. The molecule has 0 N–H and O–H groups in total. The lowest BCUT2D eigenvalue weighted by molar-refractivity contribution is -0.139. The molecule has 0 saturated heterocycles. The number of carbonyl (C=O) groups is 1. The average Bonchev–Trinajstić information content (AvgIpc) is 2.64. The molecule has 1 aliphatic rings. The van der Waals surface area contributed by atoms with Crippen LogP contribution in [0.2, 0.25) is 0 Å². The van der Waals surface area contributed by atoms with Gasteiger partial charge in [-0.25, -0.2) is 4.79 Å². The quantitative estimate of drug-likeness (QED) is 0.777. The molecule has 0 radical (unpaired) electrons. The van der Waals surface area contributed by atoms with Gasteiger partial charge in [0, 0.05) is 5.75 Å². The molecule has 0 amide bonds. The fraction of sp³-hybridized carbons (Fsp3) is 0.357. The van der Waals surface area contributed by atoms with Crippen LogP contribution >= 0.6 is 23.4 Å². The molecule has 1 aromatic rings. The van der Waals surface area contributed by atoms with Crippen LogP contribution in [-0.2, 0) is 9.53 Å². The minimum Gasteiger partial charge on any atom is -0.448 e. The van der Waals surface area contributed by atoms with Crippen LogP contribution < -0.4 is 0 Å². The minimum atomic E-state index is -0.420. The first-order valence-electron chi connectivity index (χ1n) is 5.88. The smallest absolute Gasteiger partial charge is 0.351 e. The van der Waals surface area contributed by atoms with Gasteiger partial charge in [-0.1, -0.05) is 55.8 Å². The Morgan fingerprint density at radius 1 is 1.33 bits per heavy atom. The summed E-state index contributed by atoms with van der Waals surface area (Å²) < 4.78 is 5.34. The number of ether oxygens (including phenoxy) is 1. The van der Waals surface area contributed by atoms with Crippen molar-refractivity contribution >= 4 is 29.3 Å². The number of esters is 1. The van der Waals surface area contributed by atoms with Crippen molar-refractivity contribution in [1.82, 2.24) is 0 Å². The van der Waals surface area contributed by atoms with E-state index in [2.05, 4.69) is 13.8 Å². The fourth-order valence-electron chi connectivity index (χ4n) is 1.67. The molecule has 1 unspecified atom stereocenters. The number of hydrogen-bond acceptors (Lipinski definition) is 3. The van der Waals surface area contributed by atoms with Gasteiger partial charge >= 0.3 is 5.97 Å². The Bertz CT molecular complexity index is 468. The highest BCUT2D eigenvalue weighted by atomic mass is 35.5. The van der Waals surface area contributed by atoms with Gasteiger partial charge < -0.3 is 4.74 Å². The van der Waals surface area contributed by atoms with Crippen molar-refractivity contribution in [3.05, 3.63) is 45.8 Å². The van der Waals surface area contributed by atoms with Crippen LogP contribution in [0.1, 0.15) is 25.5 Å². The van der Waals surface area contributed by atoms with Crippen LogP contribution in [0.3, 0.4) is 0 Å². The molecule has 2 rings (SSSR count). The number of benzene rings is 1. The summed E-state index contributed by atoms with van der Waals surface area (Å²) in [5, 5.41) is 0.231. The number of carbonyl (C=O) groups excluding carboxylic acids is 1. The molecule has 1 atom stereocenters. The van der Waals surface area contributed by atoms with Crippen LogP contribution in [-0.4, -0.2) is 11.7 Å². The molecule has 1 heterocycles. The lowest BCUT2D eigenvalue weighted by atomic mass is 10.1. The fourth-order valence-corrected chi connectivity index (χ4v) is 3.04. The molecule has 2 nitrogen and oxygen atoms in total. The molecule has 0 spiro atoms. The maximum Gasteiger partial charge on any atom is 0.351 e. The molecule has 96 valence electrons. The normalized spacial score (nSPS) is 19.6. The summed E-state index contributed by atoms with van der Waals surface area (Å²) in [6.07, 6.45) is -0.338. The first kappa shape index (κ1) is 13.5. The van der Waals surface area contributed by atoms with Gasteiger partial charge in [-0.2, -0.15) is 0 Å². The van der Waals surface area contributed by atoms with E-state index in [0.717, 1.165) is 16.2 Å². The molecule has 18 heavy (non-hydrogen) atoms. The van der Waals surface area contributed by atoms with Crippen LogP contribution in [0.15, 0.2) is 40.3 Å². The third-order valence-electron chi connectivity index (χ3n) is 2.53. The van der Waals surface area contributed by atoms with Gasteiger partial charge in [0.2, 0.25) is 0 Å². The Morgan fingerprint density at radius 2 is 2.00 bits per heavy atom. The SMILES string of the molecule is CC(C)CSC1=C(Cl)C(=O)OC1c1ccccc1. The maximum absolute atomic E-state index is 11.6. The molecule has 0 aromatic heterocycles. The largest absolute Gasteiger partial charge is 0.448 e. The van der Waals surface area contributed by atoms with Gasteiger partial charge in [-0.3, -0.25) is 0 Å². The van der Waals surface area contributed by atoms with E-state index in [4.69, 9.17) is 16.3 Å². The lowest BCUT2D eigenvalue weighted by Crippen LogP contribution is -2.03. The van der Waals surface area contributed by atoms with Crippen LogP contribution in [0.5, 0.6) is 0 Å². The van der Waals surface area contributed by atoms with Gasteiger partial charge in [0.15, 0.2) is 6.10 Å². The summed E-state index contributed by atoms with van der Waals surface area (Å²) in [6, 6.07) is 9.69. The standard InChI is InChI=1S/C14H15ClO2S/c1-9(2)8-18-13-11(15)14(16)17-12(13)10-6-4-3-5-7-10/h3-7,9,12H,8H2,1-2H3. The van der Waals surface area contributed by atoms with Crippen LogP contribution in [0.25, 0.3) is 0 Å². The summed E-state index contributed by atoms with van der Waals surface area (Å²) in [5.41, 5.74) is 0.966. The van der Waals surface area contributed by atoms with E-state index < -0.39 is 5.97 Å². The van der Waals surface area contributed by atoms with Crippen molar-refractivity contribution in [3.8, 4) is 0 Å². The zero-order chi connectivity index (χ0) is 13.1. The van der Waals surface area contributed by atoms with Gasteiger partial charge in [0.05, 0.1) is 4.91 Å². The van der Waals surface area contributed by atoms with E-state index >= 15 is 0 Å². The molecular weight excluding hydrogens is 268 g/mol. The van der Waals surface area contributed by atoms with E-state index in [1.807, 2.05) is 30.3 Å². The van der Waals surface area contributed by atoms with Crippen molar-refractivity contribution in [1.29, 1.82) is 0 Å². The second-order valence-electron chi connectivity index (χ2n) is 4.58. The van der Waals surface area contributed by atoms with Gasteiger partial charge in [-0.05, 0) is 11.5 Å². The summed E-state index contributed by atoms with van der Waals surface area (Å²) in [5.74, 6) is 1.04. The van der Waals surface area contributed by atoms with Crippen LogP contribution in [0.4, 0.5) is 0 Å². The maximum atomic E-state index is 11.6. The lowest BCUT2D eigenvalue weighted by Gasteiger charge is -2.14. The van der Waals surface area contributed by atoms with Crippen molar-refractivity contribution < 1.29 is 9.53 Å². The molecule has 0 aliphatic carbocycles. The Kier molecular flexibility index (Phi) is 4.36. The molecule has 1 aromatic carbocycles. The second kappa shape index (κ2) is 5.81. The van der Waals surface area contributed by atoms with Crippen molar-refractivity contribution in [2.75, 3.05) is 5.75 Å². The summed E-state index contributed by atoms with van der Waals surface area (Å²) in [4.78, 5) is 12.4. The van der Waals surface area contributed by atoms with Gasteiger partial charge in [0.1, 0.15) is 5.03 Å². The van der Waals surface area contributed by atoms with E-state index in [1.165, 1.54) is 0 Å². The first-order valence-corrected chi connectivity index (χ1v) is 7.24. The van der Waals surface area contributed by atoms with E-state index in [-0.39, 0.29) is 11.1 Å². The van der Waals surface area contributed by atoms with E-state index in [0.29, 0.717) is 5.92 Å². The average molecular weight is 283 g/mol. The summed E-state index contributed by atoms with van der Waals surface area (Å²) in [6.45, 7) is 4.27. The Hall–Kier alpha value is -0.930. The topological polar surface area (TPSA) is 26.3 Å². The first-order chi connectivity index (χ1) is 8.59. The molecule has 1 aliphatic heterocycles. The predicted octanol–water partition coefficient (Wildman–Crippen LogP) is 4.12. The highest BCUT2D eigenvalue weighted by Crippen LogP contribution is 2.43. The highest BCUT2D eigenvalue weighted by molar-refractivity contribution is 8.03. The molecule has 0 bridgehead atoms. The van der Waals surface area contributed by atoms with Crippen molar-refractivity contribution in [3.63, 3.8) is 0 Å². The number of cyclic esters (lactones) is 1. The summed E-state index contributed by atoms with van der Waals surface area (Å²) >= 11 is 7.65. The Balaban J connectivity index is 2.23. The van der Waals surface area contributed by atoms with Crippen LogP contribution in [0, 0.1) is 5.92 Å². The monoisotopic (exact) mass is 282 g/mol. The number of hydrogen-bond donors (Lipinski definition) is 0. The minimum absolute atomic E-state index is 0.231. The zero-order valence-corrected chi connectivity index (χ0v) is 11.9. The van der Waals surface area contributed by atoms with Gasteiger partial charge in [-0.15, -0.1) is 11.8 Å². The second-order valence-corrected chi connectivity index (χ2v) is 6.02. The number of thioether (sulfide) groups is 1. The number of halogens is 1. The van der Waals surface area contributed by atoms with E-state index in [9.17, 15) is 4.79 Å². The number of rotatable bonds is 4. The van der Waals surface area contributed by atoms with Crippen molar-refractivity contribution in [2.24, 2.45) is 5.92 Å². The highest BCUT2D eigenvalue weighted by Gasteiger charge is 2.34. The zero-order valence-electron chi connectivity index (χ0n) is 10.4. The molecule has 0 fully saturated rings. The third kappa shape index (κ3) is 2.90. The van der Waals surface area contributed by atoms with E-state index in [1.54, 1.807) is 11.8 Å². The summed E-state index contributed by atoms with van der Waals surface area (Å²) in [7, 11) is 0. The molecule has 4 heteroatoms. The molecular formula is C14H15ClO2S. The van der Waals surface area contributed by atoms with Crippen molar-refractivity contribution in [2.45, 2.75) is 20.0 Å². The molecule has 0 saturated carbocycles.